The van der Waals surface area contributed by atoms with E-state index in [0.29, 0.717) is 0 Å². The highest BCUT2D eigenvalue weighted by molar-refractivity contribution is 7.25. The van der Waals surface area contributed by atoms with Gasteiger partial charge in [-0.1, -0.05) is 255 Å². The third-order valence-corrected chi connectivity index (χ3v) is 20.0. The van der Waals surface area contributed by atoms with Crippen molar-refractivity contribution in [2.24, 2.45) is 0 Å². The first kappa shape index (κ1) is 48.0. The van der Waals surface area contributed by atoms with E-state index in [1.54, 1.807) is 0 Å². The molecule has 0 amide bonds. The molecule has 14 aromatic carbocycles. The quantitative estimate of drug-likeness (QED) is 0.147. The maximum Gasteiger partial charge on any atom is 0.0741 e. The van der Waals surface area contributed by atoms with Crippen molar-refractivity contribution in [1.29, 1.82) is 0 Å². The number of hydrogen-bond donors (Lipinski definition) is 0. The molecule has 1 atom stereocenters. The Hall–Kier alpha value is -10.6. The van der Waals surface area contributed by atoms with Crippen molar-refractivity contribution < 1.29 is 0 Å². The van der Waals surface area contributed by atoms with Gasteiger partial charge in [0.15, 0.2) is 0 Å². The van der Waals surface area contributed by atoms with Crippen LogP contribution in [0, 0.1) is 0 Å². The van der Waals surface area contributed by atoms with Gasteiger partial charge in [0.1, 0.15) is 0 Å². The maximum atomic E-state index is 2.65. The molecule has 0 aliphatic heterocycles. The Labute approximate surface area is 497 Å². The lowest BCUT2D eigenvalue weighted by molar-refractivity contribution is 0.768. The lowest BCUT2D eigenvalue weighted by Gasteiger charge is -2.39. The van der Waals surface area contributed by atoms with Gasteiger partial charge >= 0.3 is 0 Å². The summed E-state index contributed by atoms with van der Waals surface area (Å²) in [6.07, 6.45) is 0. The van der Waals surface area contributed by atoms with Crippen LogP contribution in [-0.4, -0.2) is 4.57 Å². The van der Waals surface area contributed by atoms with Crippen LogP contribution in [-0.2, 0) is 10.8 Å². The summed E-state index contributed by atoms with van der Waals surface area (Å²) >= 11 is 1.88. The number of anilines is 3. The molecule has 0 saturated carbocycles. The molecule has 16 aromatic rings. The highest BCUT2D eigenvalue weighted by atomic mass is 32.1. The highest BCUT2D eigenvalue weighted by Gasteiger charge is 2.52. The van der Waals surface area contributed by atoms with Gasteiger partial charge in [-0.05, 0) is 138 Å². The van der Waals surface area contributed by atoms with Crippen molar-refractivity contribution in [3.05, 3.63) is 360 Å². The predicted octanol–water partition coefficient (Wildman–Crippen LogP) is 21.7. The molecule has 85 heavy (non-hydrogen) atoms. The smallest absolute Gasteiger partial charge is 0.0741 e. The fourth-order valence-electron chi connectivity index (χ4n) is 15.5. The SMILES string of the molecule is c1ccc(-n2c3ccccc3c3cc(N(c4ccc5c(c4)-c4ccccc4C5(c4ccccc4)c4ccccc4)c4ccc5c(c4)sc4ccccc45)c4c(c32)-c2ccccc2C4(c2ccc3ccccc3c2)c2cccc3ccccc23)cc1. The largest absolute Gasteiger partial charge is 0.310 e. The molecule has 1 unspecified atom stereocenters. The van der Waals surface area contributed by atoms with Crippen LogP contribution in [0.2, 0.25) is 0 Å². The first-order valence-corrected chi connectivity index (χ1v) is 30.3. The van der Waals surface area contributed by atoms with E-state index in [9.17, 15) is 0 Å². The van der Waals surface area contributed by atoms with Crippen molar-refractivity contribution >= 4 is 91.9 Å². The molecule has 3 heteroatoms. The van der Waals surface area contributed by atoms with E-state index in [1.165, 1.54) is 130 Å². The van der Waals surface area contributed by atoms with Gasteiger partial charge in [-0.3, -0.25) is 0 Å². The average molecular weight is 1100 g/mol. The first-order valence-electron chi connectivity index (χ1n) is 29.5. The van der Waals surface area contributed by atoms with Crippen LogP contribution >= 0.6 is 11.3 Å². The first-order chi connectivity index (χ1) is 42.2. The van der Waals surface area contributed by atoms with Crippen LogP contribution in [0.1, 0.15) is 44.5 Å². The molecule has 2 aromatic heterocycles. The Morgan fingerprint density at radius 2 is 0.871 bits per heavy atom. The third-order valence-electron chi connectivity index (χ3n) is 18.9. The van der Waals surface area contributed by atoms with E-state index in [1.807, 2.05) is 11.3 Å². The predicted molar refractivity (Wildman–Crippen MR) is 358 cm³/mol. The Morgan fingerprint density at radius 1 is 0.306 bits per heavy atom. The molecule has 0 N–H and O–H groups in total. The maximum absolute atomic E-state index is 2.65. The monoisotopic (exact) mass is 1100 g/mol. The topological polar surface area (TPSA) is 8.17 Å². The molecule has 18 rings (SSSR count). The van der Waals surface area contributed by atoms with Gasteiger partial charge in [-0.25, -0.2) is 0 Å². The summed E-state index contributed by atoms with van der Waals surface area (Å²) in [6, 6.07) is 119. The standard InChI is InChI=1S/C82H52N2S/c1-4-27-56(28-5-1)81(57-29-6-2-7-30-57)71-38-18-14-34-63(71)68-50-60(46-48-73(68)81)83(61-45-47-66-65-36-17-21-42-76(65)85-77(66)51-61)75-52-69-64-35-16-20-41-74(64)84(59-31-8-3-9-32-59)80(69)78-67-37-15-19-39-72(67)82(79(75)78,58-44-43-53-23-10-11-25-55(53)49-58)70-40-22-26-54-24-12-13-33-62(54)70/h1-52H. The van der Waals surface area contributed by atoms with Crippen LogP contribution in [0.5, 0.6) is 0 Å². The molecular formula is C82H52N2S. The Morgan fingerprint density at radius 3 is 1.66 bits per heavy atom. The molecule has 0 radical (unpaired) electrons. The molecule has 2 aliphatic carbocycles. The number of hydrogen-bond acceptors (Lipinski definition) is 2. The molecule has 2 nitrogen and oxygen atoms in total. The van der Waals surface area contributed by atoms with Gasteiger partial charge in [-0.15, -0.1) is 11.3 Å². The van der Waals surface area contributed by atoms with E-state index < -0.39 is 10.8 Å². The van der Waals surface area contributed by atoms with Crippen molar-refractivity contribution in [2.45, 2.75) is 10.8 Å². The molecule has 0 saturated heterocycles. The third kappa shape index (κ3) is 6.70. The number of fused-ring (bicyclic) bond motifs is 15. The molecule has 396 valence electrons. The van der Waals surface area contributed by atoms with E-state index in [2.05, 4.69) is 325 Å². The summed E-state index contributed by atoms with van der Waals surface area (Å²) in [5, 5.41) is 9.79. The van der Waals surface area contributed by atoms with E-state index in [0.717, 1.165) is 22.7 Å². The number of thiophene rings is 1. The summed E-state index contributed by atoms with van der Waals surface area (Å²) in [6.45, 7) is 0. The van der Waals surface area contributed by atoms with Crippen LogP contribution in [0.25, 0.3) is 91.5 Å². The van der Waals surface area contributed by atoms with E-state index in [-0.39, 0.29) is 0 Å². The average Bonchev–Trinajstić information content (AvgIpc) is 1.57. The van der Waals surface area contributed by atoms with Gasteiger partial charge in [0, 0.05) is 59.1 Å². The van der Waals surface area contributed by atoms with Gasteiger partial charge in [0.05, 0.1) is 27.6 Å². The van der Waals surface area contributed by atoms with Crippen LogP contribution in [0.4, 0.5) is 17.1 Å². The normalized spacial score (nSPS) is 14.7. The second kappa shape index (κ2) is 18.5. The number of benzene rings is 14. The highest BCUT2D eigenvalue weighted by Crippen LogP contribution is 2.65. The Bertz CT molecular complexity index is 5340. The zero-order valence-electron chi connectivity index (χ0n) is 46.3. The Balaban J connectivity index is 1.05. The van der Waals surface area contributed by atoms with Crippen LogP contribution in [0.15, 0.2) is 315 Å². The summed E-state index contributed by atoms with van der Waals surface area (Å²) in [4.78, 5) is 2.65. The van der Waals surface area contributed by atoms with Crippen molar-refractivity contribution in [1.82, 2.24) is 4.57 Å². The van der Waals surface area contributed by atoms with Crippen LogP contribution < -0.4 is 4.90 Å². The number of para-hydroxylation sites is 2. The minimum Gasteiger partial charge on any atom is -0.310 e. The Kier molecular flexibility index (Phi) is 10.4. The minimum absolute atomic E-state index is 0.561. The van der Waals surface area contributed by atoms with Crippen molar-refractivity contribution in [3.8, 4) is 27.9 Å². The fraction of sp³-hybridized carbons (Fsp3) is 0.0244. The van der Waals surface area contributed by atoms with Gasteiger partial charge in [0.2, 0.25) is 0 Å². The molecular weight excluding hydrogens is 1040 g/mol. The summed E-state index contributed by atoms with van der Waals surface area (Å²) in [5.41, 5.74) is 20.3. The van der Waals surface area contributed by atoms with E-state index >= 15 is 0 Å². The van der Waals surface area contributed by atoms with Crippen molar-refractivity contribution in [3.63, 3.8) is 0 Å². The van der Waals surface area contributed by atoms with E-state index in [4.69, 9.17) is 0 Å². The van der Waals surface area contributed by atoms with Crippen molar-refractivity contribution in [2.75, 3.05) is 4.90 Å². The zero-order valence-corrected chi connectivity index (χ0v) is 47.1. The molecule has 2 heterocycles. The number of aromatic nitrogens is 1. The molecule has 0 fully saturated rings. The summed E-state index contributed by atoms with van der Waals surface area (Å²) < 4.78 is 5.08. The molecule has 0 spiro atoms. The lowest BCUT2D eigenvalue weighted by Crippen LogP contribution is -2.31. The second-order valence-corrected chi connectivity index (χ2v) is 24.1. The second-order valence-electron chi connectivity index (χ2n) is 23.0. The van der Waals surface area contributed by atoms with Gasteiger partial charge in [0.25, 0.3) is 0 Å². The minimum atomic E-state index is -0.864. The number of nitrogens with zero attached hydrogens (tertiary/aromatic N) is 2. The summed E-state index contributed by atoms with van der Waals surface area (Å²) in [7, 11) is 0. The lowest BCUT2D eigenvalue weighted by atomic mass is 9.65. The zero-order chi connectivity index (χ0) is 55.8. The fourth-order valence-corrected chi connectivity index (χ4v) is 16.6. The molecule has 2 aliphatic rings. The van der Waals surface area contributed by atoms with Gasteiger partial charge in [-0.2, -0.15) is 0 Å². The number of rotatable bonds is 8. The van der Waals surface area contributed by atoms with Crippen LogP contribution in [0.3, 0.4) is 0 Å². The summed E-state index contributed by atoms with van der Waals surface area (Å²) in [5.74, 6) is 0. The molecule has 0 bridgehead atoms. The van der Waals surface area contributed by atoms with Gasteiger partial charge < -0.3 is 9.47 Å².